The predicted molar refractivity (Wildman–Crippen MR) is 113 cm³/mol. The molecule has 2 aromatic carbocycles. The molecule has 0 saturated carbocycles. The van der Waals surface area contributed by atoms with Crippen LogP contribution in [0.3, 0.4) is 0 Å². The molecule has 0 spiro atoms. The van der Waals surface area contributed by atoms with Crippen LogP contribution < -0.4 is 11.2 Å². The SMILES string of the molecule is Cc1ccc(-c2c3c(=O)n(C)c(=O)n(C)c3cn2-c2cc(C)cc(C)c2)cc1. The lowest BCUT2D eigenvalue weighted by Crippen LogP contribution is -2.36. The van der Waals surface area contributed by atoms with Gasteiger partial charge in [0.25, 0.3) is 5.56 Å². The van der Waals surface area contributed by atoms with Crippen molar-refractivity contribution in [3.63, 3.8) is 0 Å². The molecule has 4 aromatic rings. The molecule has 0 saturated heterocycles. The number of aromatic nitrogens is 3. The normalized spacial score (nSPS) is 11.3. The first kappa shape index (κ1) is 18.0. The molecule has 142 valence electrons. The van der Waals surface area contributed by atoms with E-state index in [2.05, 4.69) is 32.0 Å². The van der Waals surface area contributed by atoms with Crippen LogP contribution in [-0.4, -0.2) is 13.7 Å². The first-order valence-corrected chi connectivity index (χ1v) is 9.24. The molecule has 0 atom stereocenters. The van der Waals surface area contributed by atoms with Gasteiger partial charge in [0.2, 0.25) is 0 Å². The second kappa shape index (κ2) is 6.37. The van der Waals surface area contributed by atoms with E-state index in [0.717, 1.165) is 33.6 Å². The second-order valence-electron chi connectivity index (χ2n) is 7.53. The zero-order valence-corrected chi connectivity index (χ0v) is 16.8. The molecule has 0 fully saturated rings. The summed E-state index contributed by atoms with van der Waals surface area (Å²) in [5.74, 6) is 0. The number of hydrogen-bond donors (Lipinski definition) is 0. The van der Waals surface area contributed by atoms with E-state index in [0.29, 0.717) is 10.9 Å². The highest BCUT2D eigenvalue weighted by atomic mass is 16.2. The molecule has 0 unspecified atom stereocenters. The zero-order chi connectivity index (χ0) is 20.2. The lowest BCUT2D eigenvalue weighted by Gasteiger charge is -2.12. The van der Waals surface area contributed by atoms with Crippen LogP contribution in [0.5, 0.6) is 0 Å². The summed E-state index contributed by atoms with van der Waals surface area (Å²) in [4.78, 5) is 25.5. The van der Waals surface area contributed by atoms with Crippen molar-refractivity contribution in [3.8, 4) is 16.9 Å². The van der Waals surface area contributed by atoms with E-state index in [4.69, 9.17) is 0 Å². The predicted octanol–water partition coefficient (Wildman–Crippen LogP) is 3.62. The third-order valence-electron chi connectivity index (χ3n) is 5.25. The van der Waals surface area contributed by atoms with Crippen LogP contribution in [0.15, 0.2) is 58.3 Å². The quantitative estimate of drug-likeness (QED) is 0.539. The van der Waals surface area contributed by atoms with Crippen molar-refractivity contribution >= 4 is 10.9 Å². The van der Waals surface area contributed by atoms with Gasteiger partial charge in [0.1, 0.15) is 0 Å². The third-order valence-corrected chi connectivity index (χ3v) is 5.25. The van der Waals surface area contributed by atoms with Gasteiger partial charge in [-0.25, -0.2) is 4.79 Å². The summed E-state index contributed by atoms with van der Waals surface area (Å²) in [6.45, 7) is 6.15. The standard InChI is InChI=1S/C23H23N3O2/c1-14-6-8-17(9-7-14)21-20-19(24(4)23(28)25(5)22(20)27)13-26(21)18-11-15(2)10-16(3)12-18/h6-13H,1-5H3. The second-order valence-corrected chi connectivity index (χ2v) is 7.53. The molecule has 0 aliphatic carbocycles. The van der Waals surface area contributed by atoms with Gasteiger partial charge in [0.15, 0.2) is 0 Å². The summed E-state index contributed by atoms with van der Waals surface area (Å²) >= 11 is 0. The summed E-state index contributed by atoms with van der Waals surface area (Å²) in [5, 5.41) is 0.549. The van der Waals surface area contributed by atoms with Gasteiger partial charge in [0.05, 0.1) is 16.6 Å². The van der Waals surface area contributed by atoms with Gasteiger partial charge in [-0.15, -0.1) is 0 Å². The first-order valence-electron chi connectivity index (χ1n) is 9.24. The van der Waals surface area contributed by atoms with Crippen LogP contribution in [0.4, 0.5) is 0 Å². The number of aryl methyl sites for hydroxylation is 4. The lowest BCUT2D eigenvalue weighted by molar-refractivity contribution is 0.714. The van der Waals surface area contributed by atoms with Gasteiger partial charge < -0.3 is 4.57 Å². The molecule has 5 heteroatoms. The highest BCUT2D eigenvalue weighted by Crippen LogP contribution is 2.31. The molecule has 5 nitrogen and oxygen atoms in total. The van der Waals surface area contributed by atoms with Crippen LogP contribution in [0, 0.1) is 20.8 Å². The largest absolute Gasteiger partial charge is 0.330 e. The summed E-state index contributed by atoms with van der Waals surface area (Å²) in [7, 11) is 3.23. The van der Waals surface area contributed by atoms with Gasteiger partial charge in [-0.3, -0.25) is 13.9 Å². The zero-order valence-electron chi connectivity index (χ0n) is 16.8. The summed E-state index contributed by atoms with van der Waals surface area (Å²) in [5.41, 5.74) is 6.17. The maximum absolute atomic E-state index is 13.1. The smallest absolute Gasteiger partial charge is 0.314 e. The molecule has 0 amide bonds. The van der Waals surface area contributed by atoms with Crippen LogP contribution in [-0.2, 0) is 14.1 Å². The number of nitrogens with zero attached hydrogens (tertiary/aromatic N) is 3. The van der Waals surface area contributed by atoms with Crippen LogP contribution in [0.1, 0.15) is 16.7 Å². The lowest BCUT2D eigenvalue weighted by atomic mass is 10.1. The summed E-state index contributed by atoms with van der Waals surface area (Å²) in [6.07, 6.45) is 1.89. The first-order chi connectivity index (χ1) is 13.3. The molecular formula is C23H23N3O2. The van der Waals surface area contributed by atoms with Crippen molar-refractivity contribution in [1.82, 2.24) is 13.7 Å². The van der Waals surface area contributed by atoms with Gasteiger partial charge >= 0.3 is 5.69 Å². The van der Waals surface area contributed by atoms with Crippen LogP contribution in [0.2, 0.25) is 0 Å². The van der Waals surface area contributed by atoms with E-state index in [9.17, 15) is 9.59 Å². The fourth-order valence-electron chi connectivity index (χ4n) is 3.83. The average molecular weight is 373 g/mol. The van der Waals surface area contributed by atoms with Gasteiger partial charge in [-0.05, 0) is 49.6 Å². The molecule has 0 aliphatic rings. The van der Waals surface area contributed by atoms with E-state index in [1.54, 1.807) is 7.05 Å². The van der Waals surface area contributed by atoms with Crippen molar-refractivity contribution in [1.29, 1.82) is 0 Å². The number of rotatable bonds is 2. The van der Waals surface area contributed by atoms with Crippen molar-refractivity contribution in [2.45, 2.75) is 20.8 Å². The molecule has 0 bridgehead atoms. The number of hydrogen-bond acceptors (Lipinski definition) is 2. The highest BCUT2D eigenvalue weighted by Gasteiger charge is 2.20. The molecule has 0 aliphatic heterocycles. The minimum atomic E-state index is -0.328. The van der Waals surface area contributed by atoms with Crippen molar-refractivity contribution in [2.24, 2.45) is 14.1 Å². The number of fused-ring (bicyclic) bond motifs is 1. The fraction of sp³-hybridized carbons (Fsp3) is 0.217. The molecular weight excluding hydrogens is 350 g/mol. The van der Waals surface area contributed by atoms with Gasteiger partial charge in [0, 0.05) is 26.0 Å². The molecule has 0 N–H and O–H groups in total. The topological polar surface area (TPSA) is 48.9 Å². The maximum Gasteiger partial charge on any atom is 0.330 e. The Bertz CT molecular complexity index is 1320. The Balaban J connectivity index is 2.21. The molecule has 4 rings (SSSR count). The molecule has 28 heavy (non-hydrogen) atoms. The summed E-state index contributed by atoms with van der Waals surface area (Å²) in [6, 6.07) is 14.4. The Labute approximate surface area is 163 Å². The Morgan fingerprint density at radius 2 is 1.36 bits per heavy atom. The van der Waals surface area contributed by atoms with E-state index < -0.39 is 0 Å². The van der Waals surface area contributed by atoms with Crippen LogP contribution in [0.25, 0.3) is 27.8 Å². The van der Waals surface area contributed by atoms with E-state index in [-0.39, 0.29) is 11.2 Å². The van der Waals surface area contributed by atoms with Crippen molar-refractivity contribution in [3.05, 3.63) is 86.2 Å². The highest BCUT2D eigenvalue weighted by molar-refractivity contribution is 5.94. The van der Waals surface area contributed by atoms with Crippen molar-refractivity contribution in [2.75, 3.05) is 0 Å². The minimum absolute atomic E-state index is 0.281. The average Bonchev–Trinajstić information content (AvgIpc) is 3.05. The number of benzene rings is 2. The Morgan fingerprint density at radius 1 is 0.750 bits per heavy atom. The molecule has 0 radical (unpaired) electrons. The molecule has 2 heterocycles. The van der Waals surface area contributed by atoms with Crippen LogP contribution >= 0.6 is 0 Å². The Kier molecular flexibility index (Phi) is 4.11. The fourth-order valence-corrected chi connectivity index (χ4v) is 3.83. The van der Waals surface area contributed by atoms with Crippen molar-refractivity contribution < 1.29 is 0 Å². The Morgan fingerprint density at radius 3 is 1.96 bits per heavy atom. The van der Waals surface area contributed by atoms with E-state index >= 15 is 0 Å². The maximum atomic E-state index is 13.1. The van der Waals surface area contributed by atoms with E-state index in [1.165, 1.54) is 16.2 Å². The third kappa shape index (κ3) is 2.71. The van der Waals surface area contributed by atoms with Gasteiger partial charge in [-0.1, -0.05) is 35.9 Å². The van der Waals surface area contributed by atoms with E-state index in [1.807, 2.05) is 42.0 Å². The Hall–Kier alpha value is -3.34. The monoisotopic (exact) mass is 373 g/mol. The minimum Gasteiger partial charge on any atom is -0.314 e. The van der Waals surface area contributed by atoms with Gasteiger partial charge in [-0.2, -0.15) is 0 Å². The molecule has 2 aromatic heterocycles. The summed E-state index contributed by atoms with van der Waals surface area (Å²) < 4.78 is 4.73.